The topological polar surface area (TPSA) is 107 Å². The Morgan fingerprint density at radius 3 is 2.48 bits per heavy atom. The summed E-state index contributed by atoms with van der Waals surface area (Å²) in [6, 6.07) is 5.81. The first-order chi connectivity index (χ1) is 13.9. The average molecular weight is 438 g/mol. The molecule has 0 saturated carbocycles. The van der Waals surface area contributed by atoms with E-state index in [1.807, 2.05) is 0 Å². The fourth-order valence-corrected chi connectivity index (χ4v) is 3.54. The zero-order valence-electron chi connectivity index (χ0n) is 15.8. The minimum atomic E-state index is -0.707. The number of amides is 3. The quantitative estimate of drug-likeness (QED) is 0.667. The Balaban J connectivity index is 1.65. The molecule has 1 aromatic heterocycles. The number of likely N-dealkylation sites (tertiary alicyclic amines) is 1. The van der Waals surface area contributed by atoms with Crippen molar-refractivity contribution in [3.63, 3.8) is 0 Å². The highest BCUT2D eigenvalue weighted by Crippen LogP contribution is 2.25. The van der Waals surface area contributed by atoms with Gasteiger partial charge in [0, 0.05) is 13.1 Å². The number of hydrogen-bond donors (Lipinski definition) is 3. The van der Waals surface area contributed by atoms with Crippen LogP contribution in [0.5, 0.6) is 0 Å². The molecule has 3 amide bonds. The van der Waals surface area contributed by atoms with Crippen LogP contribution in [0.1, 0.15) is 47.0 Å². The number of nitrogens with one attached hydrogen (secondary N) is 3. The first-order valence-corrected chi connectivity index (χ1v) is 10.0. The molecule has 3 rings (SSSR count). The summed E-state index contributed by atoms with van der Waals surface area (Å²) in [6.45, 7) is 3.02. The van der Waals surface area contributed by atoms with Crippen LogP contribution in [0.4, 0.5) is 5.82 Å². The Bertz CT molecular complexity index is 924. The van der Waals surface area contributed by atoms with Gasteiger partial charge in [0.15, 0.2) is 5.82 Å². The molecule has 1 aliphatic heterocycles. The maximum absolute atomic E-state index is 12.5. The summed E-state index contributed by atoms with van der Waals surface area (Å²) in [4.78, 5) is 39.1. The van der Waals surface area contributed by atoms with Gasteiger partial charge in [0.25, 0.3) is 11.8 Å². The number of H-pyrrole nitrogens is 1. The molecule has 29 heavy (non-hydrogen) atoms. The maximum Gasteiger partial charge on any atom is 0.271 e. The third-order valence-corrected chi connectivity index (χ3v) is 5.37. The summed E-state index contributed by atoms with van der Waals surface area (Å²) in [5.74, 6) is -1.24. The summed E-state index contributed by atoms with van der Waals surface area (Å²) in [6.07, 6.45) is 3.04. The highest BCUT2D eigenvalue weighted by molar-refractivity contribution is 6.37. The van der Waals surface area contributed by atoms with E-state index in [9.17, 15) is 14.4 Å². The van der Waals surface area contributed by atoms with E-state index >= 15 is 0 Å². The largest absolute Gasteiger partial charge is 0.341 e. The molecular weight excluding hydrogens is 417 g/mol. The molecule has 1 atom stereocenters. The van der Waals surface area contributed by atoms with E-state index < -0.39 is 17.9 Å². The molecule has 10 heteroatoms. The number of carbonyl (C=O) groups is 3. The van der Waals surface area contributed by atoms with Gasteiger partial charge in [0.1, 0.15) is 16.8 Å². The lowest BCUT2D eigenvalue weighted by molar-refractivity contribution is -0.133. The molecule has 0 radical (unpaired) electrons. The Hall–Kier alpha value is -2.58. The maximum atomic E-state index is 12.5. The minimum Gasteiger partial charge on any atom is -0.341 e. The Labute approximate surface area is 177 Å². The first-order valence-electron chi connectivity index (χ1n) is 9.28. The van der Waals surface area contributed by atoms with Crippen molar-refractivity contribution in [3.05, 3.63) is 45.6 Å². The predicted molar refractivity (Wildman–Crippen MR) is 110 cm³/mol. The van der Waals surface area contributed by atoms with E-state index in [1.165, 1.54) is 0 Å². The summed E-state index contributed by atoms with van der Waals surface area (Å²) >= 11 is 12.2. The molecule has 1 saturated heterocycles. The third kappa shape index (κ3) is 4.89. The molecule has 0 unspecified atom stereocenters. The van der Waals surface area contributed by atoms with Gasteiger partial charge in [-0.15, -0.1) is 0 Å². The number of halogens is 2. The normalized spacial score (nSPS) is 14.9. The second-order valence-corrected chi connectivity index (χ2v) is 7.56. The molecule has 0 bridgehead atoms. The SMILES string of the molecule is C[C@@H](NC(=O)c1[nH]nc(NC(=O)c2ccccc2Cl)c1Cl)C(=O)N1CCCCC1. The van der Waals surface area contributed by atoms with Gasteiger partial charge in [-0.2, -0.15) is 5.10 Å². The summed E-state index contributed by atoms with van der Waals surface area (Å²) in [7, 11) is 0. The molecule has 8 nitrogen and oxygen atoms in total. The van der Waals surface area contributed by atoms with Gasteiger partial charge < -0.3 is 15.5 Å². The van der Waals surface area contributed by atoms with Crippen molar-refractivity contribution in [3.8, 4) is 0 Å². The van der Waals surface area contributed by atoms with Crippen molar-refractivity contribution in [2.45, 2.75) is 32.2 Å². The molecule has 0 aliphatic carbocycles. The fraction of sp³-hybridized carbons (Fsp3) is 0.368. The van der Waals surface area contributed by atoms with Crippen molar-refractivity contribution >= 4 is 46.7 Å². The lowest BCUT2D eigenvalue weighted by atomic mass is 10.1. The number of benzene rings is 1. The molecule has 154 valence electrons. The van der Waals surface area contributed by atoms with Crippen LogP contribution in [0.3, 0.4) is 0 Å². The number of carbonyl (C=O) groups excluding carboxylic acids is 3. The van der Waals surface area contributed by atoms with E-state index in [1.54, 1.807) is 36.1 Å². The van der Waals surface area contributed by atoms with Crippen molar-refractivity contribution in [1.29, 1.82) is 0 Å². The van der Waals surface area contributed by atoms with E-state index in [-0.39, 0.29) is 33.0 Å². The van der Waals surface area contributed by atoms with Gasteiger partial charge in [-0.3, -0.25) is 19.5 Å². The van der Waals surface area contributed by atoms with Crippen LogP contribution in [0.25, 0.3) is 0 Å². The molecule has 1 aliphatic rings. The molecule has 1 aromatic carbocycles. The van der Waals surface area contributed by atoms with Gasteiger partial charge in [-0.25, -0.2) is 0 Å². The fourth-order valence-electron chi connectivity index (χ4n) is 3.10. The summed E-state index contributed by atoms with van der Waals surface area (Å²) in [5, 5.41) is 11.8. The van der Waals surface area contributed by atoms with Crippen LogP contribution >= 0.6 is 23.2 Å². The number of aromatic amines is 1. The van der Waals surface area contributed by atoms with Gasteiger partial charge in [-0.1, -0.05) is 35.3 Å². The van der Waals surface area contributed by atoms with E-state index in [0.717, 1.165) is 19.3 Å². The zero-order chi connectivity index (χ0) is 21.0. The van der Waals surface area contributed by atoms with Crippen molar-refractivity contribution in [2.75, 3.05) is 18.4 Å². The predicted octanol–water partition coefficient (Wildman–Crippen LogP) is 3.10. The Morgan fingerprint density at radius 1 is 1.10 bits per heavy atom. The van der Waals surface area contributed by atoms with Crippen LogP contribution in [0.15, 0.2) is 24.3 Å². The second kappa shape index (κ2) is 9.28. The monoisotopic (exact) mass is 437 g/mol. The highest BCUT2D eigenvalue weighted by Gasteiger charge is 2.26. The van der Waals surface area contributed by atoms with Crippen LogP contribution in [-0.2, 0) is 4.79 Å². The average Bonchev–Trinajstić information content (AvgIpc) is 3.08. The summed E-state index contributed by atoms with van der Waals surface area (Å²) < 4.78 is 0. The van der Waals surface area contributed by atoms with Crippen molar-refractivity contribution in [2.24, 2.45) is 0 Å². The summed E-state index contributed by atoms with van der Waals surface area (Å²) in [5.41, 5.74) is 0.208. The molecule has 2 heterocycles. The first kappa shape index (κ1) is 21.1. The highest BCUT2D eigenvalue weighted by atomic mass is 35.5. The molecule has 0 spiro atoms. The zero-order valence-corrected chi connectivity index (χ0v) is 17.3. The van der Waals surface area contributed by atoms with Crippen LogP contribution in [0, 0.1) is 0 Å². The number of hydrogen-bond acceptors (Lipinski definition) is 4. The Kier molecular flexibility index (Phi) is 6.76. The molecule has 3 N–H and O–H groups in total. The smallest absolute Gasteiger partial charge is 0.271 e. The van der Waals surface area contributed by atoms with Crippen LogP contribution in [-0.4, -0.2) is 52.0 Å². The van der Waals surface area contributed by atoms with Gasteiger partial charge in [0.2, 0.25) is 5.91 Å². The number of rotatable bonds is 5. The van der Waals surface area contributed by atoms with Gasteiger partial charge in [0.05, 0.1) is 10.6 Å². The Morgan fingerprint density at radius 2 is 1.79 bits per heavy atom. The standard InChI is InChI=1S/C19H21Cl2N5O3/c1-11(19(29)26-9-5-2-6-10-26)22-18(28)15-14(21)16(25-24-15)23-17(27)12-7-3-4-8-13(12)20/h3-4,7-8,11H,2,5-6,9-10H2,1H3,(H,22,28)(H2,23,24,25,27)/t11-/m1/s1. The van der Waals surface area contributed by atoms with E-state index in [2.05, 4.69) is 20.8 Å². The van der Waals surface area contributed by atoms with E-state index in [4.69, 9.17) is 23.2 Å². The van der Waals surface area contributed by atoms with Crippen molar-refractivity contribution < 1.29 is 14.4 Å². The lowest BCUT2D eigenvalue weighted by Crippen LogP contribution is -2.48. The number of nitrogens with zero attached hydrogens (tertiary/aromatic N) is 2. The molecular formula is C19H21Cl2N5O3. The van der Waals surface area contributed by atoms with Crippen LogP contribution < -0.4 is 10.6 Å². The number of piperidine rings is 1. The molecule has 1 fully saturated rings. The molecule has 2 aromatic rings. The third-order valence-electron chi connectivity index (χ3n) is 4.67. The van der Waals surface area contributed by atoms with Gasteiger partial charge >= 0.3 is 0 Å². The van der Waals surface area contributed by atoms with Crippen molar-refractivity contribution in [1.82, 2.24) is 20.4 Å². The van der Waals surface area contributed by atoms with E-state index in [0.29, 0.717) is 13.1 Å². The number of aromatic nitrogens is 2. The van der Waals surface area contributed by atoms with Gasteiger partial charge in [-0.05, 0) is 38.3 Å². The second-order valence-electron chi connectivity index (χ2n) is 6.78. The lowest BCUT2D eigenvalue weighted by Gasteiger charge is -2.29. The minimum absolute atomic E-state index is 0.00301. The van der Waals surface area contributed by atoms with Crippen LogP contribution in [0.2, 0.25) is 10.0 Å². The number of anilines is 1.